The van der Waals surface area contributed by atoms with E-state index < -0.39 is 0 Å². The van der Waals surface area contributed by atoms with E-state index in [1.807, 2.05) is 6.92 Å². The molecule has 0 aliphatic carbocycles. The second kappa shape index (κ2) is 7.14. The van der Waals surface area contributed by atoms with Gasteiger partial charge in [0.1, 0.15) is 5.75 Å². The third-order valence-corrected chi connectivity index (χ3v) is 2.51. The van der Waals surface area contributed by atoms with E-state index in [9.17, 15) is 4.79 Å². The molecule has 1 atom stereocenters. The zero-order chi connectivity index (χ0) is 12.7. The van der Waals surface area contributed by atoms with Gasteiger partial charge in [0.25, 0.3) is 5.91 Å². The Balaban J connectivity index is 2.35. The molecule has 0 aliphatic rings. The van der Waals surface area contributed by atoms with Crippen LogP contribution in [0, 0.1) is 0 Å². The van der Waals surface area contributed by atoms with E-state index in [0.29, 0.717) is 17.2 Å². The first-order valence-corrected chi connectivity index (χ1v) is 5.82. The highest BCUT2D eigenvalue weighted by atomic mass is 35.5. The number of hydrogen-bond acceptors (Lipinski definition) is 3. The Bertz CT molecular complexity index is 349. The summed E-state index contributed by atoms with van der Waals surface area (Å²) in [4.78, 5) is 11.4. The fourth-order valence-corrected chi connectivity index (χ4v) is 1.35. The standard InChI is InChI=1S/C12H16ClNO3/c1-2-10(7-15)14-12(16)8-17-11-5-3-9(13)4-6-11/h3-6,10,15H,2,7-8H2,1H3,(H,14,16). The molecule has 94 valence electrons. The maximum Gasteiger partial charge on any atom is 0.258 e. The van der Waals surface area contributed by atoms with Crippen LogP contribution in [0.2, 0.25) is 5.02 Å². The molecule has 1 unspecified atom stereocenters. The van der Waals surface area contributed by atoms with Crippen LogP contribution in [0.1, 0.15) is 13.3 Å². The normalized spacial score (nSPS) is 11.9. The Labute approximate surface area is 106 Å². The number of aliphatic hydroxyl groups is 1. The molecule has 1 aromatic carbocycles. The number of halogens is 1. The average Bonchev–Trinajstić information content (AvgIpc) is 2.35. The van der Waals surface area contributed by atoms with Crippen LogP contribution >= 0.6 is 11.6 Å². The number of rotatable bonds is 6. The van der Waals surface area contributed by atoms with Gasteiger partial charge >= 0.3 is 0 Å². The van der Waals surface area contributed by atoms with Gasteiger partial charge in [0.15, 0.2) is 6.61 Å². The molecule has 17 heavy (non-hydrogen) atoms. The lowest BCUT2D eigenvalue weighted by Gasteiger charge is -2.14. The number of aliphatic hydroxyl groups excluding tert-OH is 1. The number of hydrogen-bond donors (Lipinski definition) is 2. The number of ether oxygens (including phenoxy) is 1. The zero-order valence-corrected chi connectivity index (χ0v) is 10.4. The molecule has 0 radical (unpaired) electrons. The van der Waals surface area contributed by atoms with Gasteiger partial charge in [0.05, 0.1) is 12.6 Å². The topological polar surface area (TPSA) is 58.6 Å². The first-order chi connectivity index (χ1) is 8.15. The molecule has 0 aromatic heterocycles. The molecule has 1 rings (SSSR count). The van der Waals surface area contributed by atoms with E-state index in [2.05, 4.69) is 5.32 Å². The van der Waals surface area contributed by atoms with E-state index in [1.54, 1.807) is 24.3 Å². The summed E-state index contributed by atoms with van der Waals surface area (Å²) >= 11 is 5.72. The van der Waals surface area contributed by atoms with Gasteiger partial charge in [-0.15, -0.1) is 0 Å². The van der Waals surface area contributed by atoms with Crippen molar-refractivity contribution in [3.8, 4) is 5.75 Å². The van der Waals surface area contributed by atoms with Crippen LogP contribution < -0.4 is 10.1 Å². The monoisotopic (exact) mass is 257 g/mol. The zero-order valence-electron chi connectivity index (χ0n) is 9.65. The van der Waals surface area contributed by atoms with Crippen molar-refractivity contribution in [1.82, 2.24) is 5.32 Å². The van der Waals surface area contributed by atoms with Crippen LogP contribution in [0.3, 0.4) is 0 Å². The lowest BCUT2D eigenvalue weighted by Crippen LogP contribution is -2.39. The Morgan fingerprint density at radius 3 is 2.65 bits per heavy atom. The van der Waals surface area contributed by atoms with Crippen molar-refractivity contribution >= 4 is 17.5 Å². The molecule has 0 fully saturated rings. The summed E-state index contributed by atoms with van der Waals surface area (Å²) in [7, 11) is 0. The molecule has 1 amide bonds. The highest BCUT2D eigenvalue weighted by molar-refractivity contribution is 6.30. The molecule has 0 saturated carbocycles. The van der Waals surface area contributed by atoms with Crippen molar-refractivity contribution in [1.29, 1.82) is 0 Å². The average molecular weight is 258 g/mol. The first-order valence-electron chi connectivity index (χ1n) is 5.44. The van der Waals surface area contributed by atoms with Crippen LogP contribution in [0.4, 0.5) is 0 Å². The van der Waals surface area contributed by atoms with Gasteiger partial charge in [-0.2, -0.15) is 0 Å². The third-order valence-electron chi connectivity index (χ3n) is 2.26. The molecule has 2 N–H and O–H groups in total. The summed E-state index contributed by atoms with van der Waals surface area (Å²) in [6.07, 6.45) is 0.684. The highest BCUT2D eigenvalue weighted by Crippen LogP contribution is 2.15. The summed E-state index contributed by atoms with van der Waals surface area (Å²) < 4.78 is 5.26. The quantitative estimate of drug-likeness (QED) is 0.814. The number of nitrogens with one attached hydrogen (secondary N) is 1. The van der Waals surface area contributed by atoms with Crippen LogP contribution in [0.5, 0.6) is 5.75 Å². The molecular weight excluding hydrogens is 242 g/mol. The van der Waals surface area contributed by atoms with Crippen molar-refractivity contribution in [2.24, 2.45) is 0 Å². The number of carbonyl (C=O) groups is 1. The SMILES string of the molecule is CCC(CO)NC(=O)COc1ccc(Cl)cc1. The molecule has 0 aliphatic heterocycles. The maximum atomic E-state index is 11.4. The van der Waals surface area contributed by atoms with Crippen LogP contribution in [0.15, 0.2) is 24.3 Å². The molecular formula is C12H16ClNO3. The summed E-state index contributed by atoms with van der Waals surface area (Å²) in [6, 6.07) is 6.56. The summed E-state index contributed by atoms with van der Waals surface area (Å²) in [5, 5.41) is 12.2. The fraction of sp³-hybridized carbons (Fsp3) is 0.417. The number of benzene rings is 1. The van der Waals surface area contributed by atoms with E-state index in [4.69, 9.17) is 21.4 Å². The van der Waals surface area contributed by atoms with Gasteiger partial charge < -0.3 is 15.2 Å². The Morgan fingerprint density at radius 1 is 1.47 bits per heavy atom. The molecule has 0 spiro atoms. The maximum absolute atomic E-state index is 11.4. The molecule has 0 saturated heterocycles. The van der Waals surface area contributed by atoms with Gasteiger partial charge in [-0.25, -0.2) is 0 Å². The molecule has 1 aromatic rings. The third kappa shape index (κ3) is 5.06. The second-order valence-corrected chi connectivity index (χ2v) is 4.03. The van der Waals surface area contributed by atoms with E-state index in [1.165, 1.54) is 0 Å². The van der Waals surface area contributed by atoms with Crippen molar-refractivity contribution in [3.63, 3.8) is 0 Å². The molecule has 5 heteroatoms. The Kier molecular flexibility index (Phi) is 5.80. The summed E-state index contributed by atoms with van der Waals surface area (Å²) in [6.45, 7) is 1.75. The fourth-order valence-electron chi connectivity index (χ4n) is 1.23. The lowest BCUT2D eigenvalue weighted by atomic mass is 10.2. The molecule has 0 bridgehead atoms. The minimum atomic E-state index is -0.249. The first kappa shape index (κ1) is 13.8. The summed E-state index contributed by atoms with van der Waals surface area (Å²) in [5.41, 5.74) is 0. The number of amides is 1. The lowest BCUT2D eigenvalue weighted by molar-refractivity contribution is -0.124. The van der Waals surface area contributed by atoms with Gasteiger partial charge in [-0.1, -0.05) is 18.5 Å². The largest absolute Gasteiger partial charge is 0.484 e. The Hall–Kier alpha value is -1.26. The predicted molar refractivity (Wildman–Crippen MR) is 66.3 cm³/mol. The van der Waals surface area contributed by atoms with Gasteiger partial charge in [0, 0.05) is 5.02 Å². The predicted octanol–water partition coefficient (Wildman–Crippen LogP) is 1.61. The van der Waals surface area contributed by atoms with Gasteiger partial charge in [0.2, 0.25) is 0 Å². The summed E-state index contributed by atoms with van der Waals surface area (Å²) in [5.74, 6) is 0.336. The van der Waals surface area contributed by atoms with E-state index >= 15 is 0 Å². The van der Waals surface area contributed by atoms with Crippen LogP contribution in [-0.2, 0) is 4.79 Å². The van der Waals surface area contributed by atoms with Crippen molar-refractivity contribution in [3.05, 3.63) is 29.3 Å². The smallest absolute Gasteiger partial charge is 0.258 e. The molecule has 0 heterocycles. The van der Waals surface area contributed by atoms with E-state index in [0.717, 1.165) is 0 Å². The highest BCUT2D eigenvalue weighted by Gasteiger charge is 2.09. The van der Waals surface area contributed by atoms with E-state index in [-0.39, 0.29) is 25.2 Å². The minimum Gasteiger partial charge on any atom is -0.484 e. The van der Waals surface area contributed by atoms with Gasteiger partial charge in [-0.05, 0) is 30.7 Å². The van der Waals surface area contributed by atoms with Crippen molar-refractivity contribution in [2.45, 2.75) is 19.4 Å². The minimum absolute atomic E-state index is 0.0663. The van der Waals surface area contributed by atoms with Crippen LogP contribution in [0.25, 0.3) is 0 Å². The Morgan fingerprint density at radius 2 is 2.12 bits per heavy atom. The van der Waals surface area contributed by atoms with Crippen LogP contribution in [-0.4, -0.2) is 30.3 Å². The number of carbonyl (C=O) groups excluding carboxylic acids is 1. The second-order valence-electron chi connectivity index (χ2n) is 3.60. The molecule has 4 nitrogen and oxygen atoms in total. The van der Waals surface area contributed by atoms with Crippen molar-refractivity contribution in [2.75, 3.05) is 13.2 Å². The van der Waals surface area contributed by atoms with Crippen molar-refractivity contribution < 1.29 is 14.6 Å². The van der Waals surface area contributed by atoms with Gasteiger partial charge in [-0.3, -0.25) is 4.79 Å².